The van der Waals surface area contributed by atoms with Crippen molar-refractivity contribution in [2.45, 2.75) is 39.0 Å². The van der Waals surface area contributed by atoms with E-state index in [-0.39, 0.29) is 12.5 Å². The van der Waals surface area contributed by atoms with Gasteiger partial charge < -0.3 is 14.8 Å². The van der Waals surface area contributed by atoms with E-state index in [1.807, 2.05) is 30.3 Å². The molecule has 0 heterocycles. The Balaban J connectivity index is 2.48. The van der Waals surface area contributed by atoms with Gasteiger partial charge in [0.1, 0.15) is 18.2 Å². The van der Waals surface area contributed by atoms with Crippen molar-refractivity contribution < 1.29 is 19.1 Å². The molecule has 0 unspecified atom stereocenters. The second-order valence-corrected chi connectivity index (χ2v) is 5.76. The van der Waals surface area contributed by atoms with Crippen molar-refractivity contribution >= 4 is 23.7 Å². The summed E-state index contributed by atoms with van der Waals surface area (Å²) in [6.45, 7) is 5.32. The SMILES string of the molecule is CC(C)(C)OC(=O)N[C@@H](CCl)C(=O)OCc1ccccc1. The van der Waals surface area contributed by atoms with E-state index in [1.54, 1.807) is 20.8 Å². The Kier molecular flexibility index (Phi) is 6.49. The largest absolute Gasteiger partial charge is 0.459 e. The molecule has 0 aliphatic carbocycles. The number of hydrogen-bond acceptors (Lipinski definition) is 4. The first kappa shape index (κ1) is 17.3. The number of alkyl halides is 1. The second-order valence-electron chi connectivity index (χ2n) is 5.45. The van der Waals surface area contributed by atoms with Gasteiger partial charge in [0.05, 0.1) is 5.88 Å². The Hall–Kier alpha value is -1.75. The molecule has 6 heteroatoms. The maximum atomic E-state index is 11.9. The maximum Gasteiger partial charge on any atom is 0.408 e. The molecule has 116 valence electrons. The molecule has 0 aliphatic rings. The molecule has 0 saturated heterocycles. The molecular formula is C15H20ClNO4. The Bertz CT molecular complexity index is 470. The van der Waals surface area contributed by atoms with Gasteiger partial charge in [-0.05, 0) is 26.3 Å². The number of rotatable bonds is 5. The van der Waals surface area contributed by atoms with Crippen LogP contribution in [0.4, 0.5) is 4.79 Å². The monoisotopic (exact) mass is 313 g/mol. The number of benzene rings is 1. The Morgan fingerprint density at radius 1 is 1.24 bits per heavy atom. The van der Waals surface area contributed by atoms with Crippen LogP contribution in [0.3, 0.4) is 0 Å². The van der Waals surface area contributed by atoms with Gasteiger partial charge in [0.25, 0.3) is 0 Å². The summed E-state index contributed by atoms with van der Waals surface area (Å²) in [5.41, 5.74) is 0.214. The van der Waals surface area contributed by atoms with Crippen LogP contribution in [0.25, 0.3) is 0 Å². The van der Waals surface area contributed by atoms with Crippen LogP contribution in [0.15, 0.2) is 30.3 Å². The van der Waals surface area contributed by atoms with Crippen molar-refractivity contribution in [2.75, 3.05) is 5.88 Å². The molecule has 0 aliphatic heterocycles. The Labute approximate surface area is 129 Å². The third kappa shape index (κ3) is 6.99. The minimum atomic E-state index is -0.940. The van der Waals surface area contributed by atoms with E-state index < -0.39 is 23.7 Å². The summed E-state index contributed by atoms with van der Waals surface area (Å²) in [6, 6.07) is 8.30. The van der Waals surface area contributed by atoms with E-state index in [0.717, 1.165) is 5.56 Å². The normalized spacial score (nSPS) is 12.4. The van der Waals surface area contributed by atoms with Crippen LogP contribution >= 0.6 is 11.6 Å². The van der Waals surface area contributed by atoms with E-state index >= 15 is 0 Å². The van der Waals surface area contributed by atoms with Gasteiger partial charge in [0, 0.05) is 0 Å². The minimum Gasteiger partial charge on any atom is -0.459 e. The predicted octanol–water partition coefficient (Wildman–Crippen LogP) is 2.86. The first-order valence-electron chi connectivity index (χ1n) is 6.58. The van der Waals surface area contributed by atoms with Crippen molar-refractivity contribution in [2.24, 2.45) is 0 Å². The van der Waals surface area contributed by atoms with E-state index in [0.29, 0.717) is 0 Å². The molecule has 0 fully saturated rings. The van der Waals surface area contributed by atoms with E-state index in [4.69, 9.17) is 21.1 Å². The molecule has 1 N–H and O–H groups in total. The van der Waals surface area contributed by atoms with Crippen LogP contribution in [0.5, 0.6) is 0 Å². The highest BCUT2D eigenvalue weighted by Crippen LogP contribution is 2.08. The average Bonchev–Trinajstić information content (AvgIpc) is 2.41. The van der Waals surface area contributed by atoms with Gasteiger partial charge in [-0.2, -0.15) is 0 Å². The molecular weight excluding hydrogens is 294 g/mol. The summed E-state index contributed by atoms with van der Waals surface area (Å²) < 4.78 is 10.2. The molecule has 1 amide bonds. The molecule has 1 aromatic carbocycles. The van der Waals surface area contributed by atoms with Crippen molar-refractivity contribution in [3.8, 4) is 0 Å². The average molecular weight is 314 g/mol. The zero-order valence-electron chi connectivity index (χ0n) is 12.4. The summed E-state index contributed by atoms with van der Waals surface area (Å²) in [5.74, 6) is -0.688. The molecule has 0 saturated carbocycles. The van der Waals surface area contributed by atoms with Crippen LogP contribution in [0.2, 0.25) is 0 Å². The van der Waals surface area contributed by atoms with E-state index in [2.05, 4.69) is 5.32 Å². The lowest BCUT2D eigenvalue weighted by Gasteiger charge is -2.22. The number of carbonyl (C=O) groups excluding carboxylic acids is 2. The first-order chi connectivity index (χ1) is 9.81. The molecule has 1 aromatic rings. The van der Waals surface area contributed by atoms with E-state index in [1.165, 1.54) is 0 Å². The number of hydrogen-bond donors (Lipinski definition) is 1. The summed E-state index contributed by atoms with van der Waals surface area (Å²) in [7, 11) is 0. The van der Waals surface area contributed by atoms with Gasteiger partial charge in [0.15, 0.2) is 0 Å². The summed E-state index contributed by atoms with van der Waals surface area (Å²) in [6.07, 6.45) is -0.704. The summed E-state index contributed by atoms with van der Waals surface area (Å²) in [4.78, 5) is 23.5. The van der Waals surface area contributed by atoms with Gasteiger partial charge >= 0.3 is 12.1 Å². The van der Waals surface area contributed by atoms with Gasteiger partial charge in [-0.25, -0.2) is 9.59 Å². The van der Waals surface area contributed by atoms with Crippen molar-refractivity contribution in [1.82, 2.24) is 5.32 Å². The van der Waals surface area contributed by atoms with Crippen LogP contribution in [-0.4, -0.2) is 29.6 Å². The number of amides is 1. The molecule has 1 atom stereocenters. The van der Waals surface area contributed by atoms with Crippen LogP contribution in [0.1, 0.15) is 26.3 Å². The fourth-order valence-electron chi connectivity index (χ4n) is 1.44. The smallest absolute Gasteiger partial charge is 0.408 e. The molecule has 0 spiro atoms. The van der Waals surface area contributed by atoms with Crippen molar-refractivity contribution in [3.63, 3.8) is 0 Å². The van der Waals surface area contributed by atoms with Gasteiger partial charge in [-0.3, -0.25) is 0 Å². The number of halogens is 1. The molecule has 0 aromatic heterocycles. The highest BCUT2D eigenvalue weighted by Gasteiger charge is 2.24. The minimum absolute atomic E-state index is 0.0904. The molecule has 0 bridgehead atoms. The molecule has 5 nitrogen and oxygen atoms in total. The Morgan fingerprint density at radius 2 is 1.86 bits per heavy atom. The fraction of sp³-hybridized carbons (Fsp3) is 0.467. The lowest BCUT2D eigenvalue weighted by molar-refractivity contribution is -0.146. The van der Waals surface area contributed by atoms with Crippen molar-refractivity contribution in [1.29, 1.82) is 0 Å². The number of alkyl carbamates (subject to hydrolysis) is 1. The standard InChI is InChI=1S/C15H20ClNO4/c1-15(2,3)21-14(19)17-12(9-16)13(18)20-10-11-7-5-4-6-8-11/h4-8,12H,9-10H2,1-3H3,(H,17,19)/t12-/m0/s1. The fourth-order valence-corrected chi connectivity index (χ4v) is 1.64. The number of carbonyl (C=O) groups is 2. The highest BCUT2D eigenvalue weighted by atomic mass is 35.5. The topological polar surface area (TPSA) is 64.6 Å². The number of nitrogens with one attached hydrogen (secondary N) is 1. The highest BCUT2D eigenvalue weighted by molar-refractivity contribution is 6.19. The quantitative estimate of drug-likeness (QED) is 0.670. The lowest BCUT2D eigenvalue weighted by atomic mass is 10.2. The summed E-state index contributed by atoms with van der Waals surface area (Å²) in [5, 5.41) is 2.39. The lowest BCUT2D eigenvalue weighted by Crippen LogP contribution is -2.45. The zero-order valence-corrected chi connectivity index (χ0v) is 13.1. The van der Waals surface area contributed by atoms with Crippen LogP contribution in [-0.2, 0) is 20.9 Å². The molecule has 21 heavy (non-hydrogen) atoms. The second kappa shape index (κ2) is 7.88. The Morgan fingerprint density at radius 3 is 2.38 bits per heavy atom. The third-order valence-electron chi connectivity index (χ3n) is 2.35. The molecule has 0 radical (unpaired) electrons. The predicted molar refractivity (Wildman–Crippen MR) is 80.1 cm³/mol. The number of ether oxygens (including phenoxy) is 2. The third-order valence-corrected chi connectivity index (χ3v) is 2.66. The maximum absolute atomic E-state index is 11.9. The van der Waals surface area contributed by atoms with Crippen molar-refractivity contribution in [3.05, 3.63) is 35.9 Å². The van der Waals surface area contributed by atoms with Gasteiger partial charge in [0.2, 0.25) is 0 Å². The molecule has 1 rings (SSSR count). The number of esters is 1. The zero-order chi connectivity index (χ0) is 15.9. The van der Waals surface area contributed by atoms with Gasteiger partial charge in [-0.1, -0.05) is 30.3 Å². The van der Waals surface area contributed by atoms with Gasteiger partial charge in [-0.15, -0.1) is 11.6 Å². The van der Waals surface area contributed by atoms with Crippen LogP contribution in [0, 0.1) is 0 Å². The summed E-state index contributed by atoms with van der Waals surface area (Å²) >= 11 is 5.69. The van der Waals surface area contributed by atoms with E-state index in [9.17, 15) is 9.59 Å². The first-order valence-corrected chi connectivity index (χ1v) is 7.11. The van der Waals surface area contributed by atoms with Crippen LogP contribution < -0.4 is 5.32 Å².